The number of carbonyl (C=O) groups is 1. The Labute approximate surface area is 114 Å². The van der Waals surface area contributed by atoms with Crippen molar-refractivity contribution in [3.8, 4) is 0 Å². The Morgan fingerprint density at radius 3 is 2.35 bits per heavy atom. The van der Waals surface area contributed by atoms with E-state index in [0.717, 1.165) is 12.1 Å². The van der Waals surface area contributed by atoms with Gasteiger partial charge in [0.25, 0.3) is 5.91 Å². The van der Waals surface area contributed by atoms with Crippen LogP contribution in [0.5, 0.6) is 0 Å². The number of rotatable bonds is 3. The van der Waals surface area contributed by atoms with Gasteiger partial charge < -0.3 is 4.90 Å². The van der Waals surface area contributed by atoms with Crippen LogP contribution in [-0.4, -0.2) is 17.9 Å². The van der Waals surface area contributed by atoms with Crippen LogP contribution in [0, 0.1) is 17.5 Å². The normalized spacial score (nSPS) is 10.4. The van der Waals surface area contributed by atoms with Crippen LogP contribution in [0.4, 0.5) is 13.2 Å². The maximum atomic E-state index is 13.5. The third-order valence-electron chi connectivity index (χ3n) is 2.85. The van der Waals surface area contributed by atoms with Gasteiger partial charge in [0.15, 0.2) is 11.6 Å². The van der Waals surface area contributed by atoms with Crippen LogP contribution < -0.4 is 0 Å². The summed E-state index contributed by atoms with van der Waals surface area (Å²) in [5.74, 6) is -3.06. The topological polar surface area (TPSA) is 20.3 Å². The molecule has 0 atom stereocenters. The van der Waals surface area contributed by atoms with Crippen molar-refractivity contribution in [2.24, 2.45) is 0 Å². The Bertz CT molecular complexity index is 643. The van der Waals surface area contributed by atoms with Gasteiger partial charge in [-0.25, -0.2) is 13.2 Å². The van der Waals surface area contributed by atoms with Gasteiger partial charge in [-0.1, -0.05) is 18.2 Å². The van der Waals surface area contributed by atoms with E-state index < -0.39 is 23.4 Å². The SMILES string of the molecule is CN(Cc1ccc(F)c(F)c1)C(=O)c1ccccc1F. The Hall–Kier alpha value is -2.30. The van der Waals surface area contributed by atoms with Crippen LogP contribution in [0.3, 0.4) is 0 Å². The molecule has 20 heavy (non-hydrogen) atoms. The van der Waals surface area contributed by atoms with Crippen molar-refractivity contribution in [3.05, 3.63) is 71.0 Å². The summed E-state index contributed by atoms with van der Waals surface area (Å²) < 4.78 is 39.4. The fourth-order valence-corrected chi connectivity index (χ4v) is 1.82. The summed E-state index contributed by atoms with van der Waals surface area (Å²) in [5, 5.41) is 0. The number of carbonyl (C=O) groups excluding carboxylic acids is 1. The molecule has 0 saturated carbocycles. The fourth-order valence-electron chi connectivity index (χ4n) is 1.82. The van der Waals surface area contributed by atoms with Gasteiger partial charge in [0.2, 0.25) is 0 Å². The Morgan fingerprint density at radius 1 is 1.00 bits per heavy atom. The highest BCUT2D eigenvalue weighted by atomic mass is 19.2. The summed E-state index contributed by atoms with van der Waals surface area (Å²) in [6.07, 6.45) is 0. The van der Waals surface area contributed by atoms with Crippen molar-refractivity contribution >= 4 is 5.91 Å². The number of hydrogen-bond acceptors (Lipinski definition) is 1. The zero-order chi connectivity index (χ0) is 14.7. The first-order valence-electron chi connectivity index (χ1n) is 5.93. The van der Waals surface area contributed by atoms with E-state index in [1.807, 2.05) is 0 Å². The summed E-state index contributed by atoms with van der Waals surface area (Å²) in [6, 6.07) is 9.00. The van der Waals surface area contributed by atoms with Crippen LogP contribution in [0.1, 0.15) is 15.9 Å². The average molecular weight is 279 g/mol. The highest BCUT2D eigenvalue weighted by molar-refractivity contribution is 5.94. The van der Waals surface area contributed by atoms with Crippen molar-refractivity contribution in [1.29, 1.82) is 0 Å². The van der Waals surface area contributed by atoms with Gasteiger partial charge in [-0.15, -0.1) is 0 Å². The van der Waals surface area contributed by atoms with Crippen molar-refractivity contribution in [1.82, 2.24) is 4.90 Å². The molecule has 2 aromatic rings. The van der Waals surface area contributed by atoms with E-state index in [9.17, 15) is 18.0 Å². The van der Waals surface area contributed by atoms with E-state index in [2.05, 4.69) is 0 Å². The molecular weight excluding hydrogens is 267 g/mol. The minimum Gasteiger partial charge on any atom is -0.337 e. The Balaban J connectivity index is 2.15. The smallest absolute Gasteiger partial charge is 0.256 e. The number of amides is 1. The molecule has 2 aromatic carbocycles. The van der Waals surface area contributed by atoms with Gasteiger partial charge >= 0.3 is 0 Å². The number of nitrogens with zero attached hydrogens (tertiary/aromatic N) is 1. The lowest BCUT2D eigenvalue weighted by molar-refractivity contribution is 0.0780. The molecule has 0 saturated heterocycles. The molecule has 0 heterocycles. The second-order valence-electron chi connectivity index (χ2n) is 4.39. The second kappa shape index (κ2) is 5.77. The van der Waals surface area contributed by atoms with E-state index in [1.54, 1.807) is 6.07 Å². The van der Waals surface area contributed by atoms with Gasteiger partial charge in [0.05, 0.1) is 5.56 Å². The van der Waals surface area contributed by atoms with Gasteiger partial charge in [-0.2, -0.15) is 0 Å². The molecule has 104 valence electrons. The highest BCUT2D eigenvalue weighted by Crippen LogP contribution is 2.14. The van der Waals surface area contributed by atoms with E-state index in [0.29, 0.717) is 5.56 Å². The minimum atomic E-state index is -0.978. The second-order valence-corrected chi connectivity index (χ2v) is 4.39. The lowest BCUT2D eigenvalue weighted by atomic mass is 10.1. The van der Waals surface area contributed by atoms with Gasteiger partial charge in [-0.3, -0.25) is 4.79 Å². The number of hydrogen-bond donors (Lipinski definition) is 0. The maximum absolute atomic E-state index is 13.5. The Morgan fingerprint density at radius 2 is 1.70 bits per heavy atom. The number of halogens is 3. The van der Waals surface area contributed by atoms with Crippen molar-refractivity contribution < 1.29 is 18.0 Å². The molecule has 0 aliphatic heterocycles. The molecule has 0 spiro atoms. The summed E-state index contributed by atoms with van der Waals surface area (Å²) in [6.45, 7) is 0.0599. The van der Waals surface area contributed by atoms with Crippen LogP contribution >= 0.6 is 0 Å². The Kier molecular flexibility index (Phi) is 4.08. The summed E-state index contributed by atoms with van der Waals surface area (Å²) >= 11 is 0. The number of benzene rings is 2. The molecule has 0 aliphatic carbocycles. The first-order valence-corrected chi connectivity index (χ1v) is 5.93. The molecule has 0 aromatic heterocycles. The van der Waals surface area contributed by atoms with E-state index in [4.69, 9.17) is 0 Å². The molecule has 0 bridgehead atoms. The molecular formula is C15H12F3NO. The van der Waals surface area contributed by atoms with Crippen LogP contribution in [0.2, 0.25) is 0 Å². The summed E-state index contributed by atoms with van der Waals surface area (Å²) in [4.78, 5) is 13.3. The average Bonchev–Trinajstić information content (AvgIpc) is 2.42. The van der Waals surface area contributed by atoms with Crippen LogP contribution in [0.15, 0.2) is 42.5 Å². The van der Waals surface area contributed by atoms with Gasteiger partial charge in [0.1, 0.15) is 5.82 Å². The largest absolute Gasteiger partial charge is 0.337 e. The van der Waals surface area contributed by atoms with Crippen LogP contribution in [-0.2, 0) is 6.54 Å². The van der Waals surface area contributed by atoms with Gasteiger partial charge in [0, 0.05) is 13.6 Å². The van der Waals surface area contributed by atoms with Crippen molar-refractivity contribution in [2.45, 2.75) is 6.54 Å². The predicted octanol–water partition coefficient (Wildman–Crippen LogP) is 3.38. The third kappa shape index (κ3) is 2.99. The molecule has 2 rings (SSSR count). The lowest BCUT2D eigenvalue weighted by Crippen LogP contribution is -2.27. The van der Waals surface area contributed by atoms with E-state index in [1.165, 1.54) is 36.2 Å². The fraction of sp³-hybridized carbons (Fsp3) is 0.133. The van der Waals surface area contributed by atoms with Crippen molar-refractivity contribution in [2.75, 3.05) is 7.05 Å². The molecule has 0 aliphatic rings. The third-order valence-corrected chi connectivity index (χ3v) is 2.85. The molecule has 1 amide bonds. The molecule has 5 heteroatoms. The molecule has 2 nitrogen and oxygen atoms in total. The van der Waals surface area contributed by atoms with Crippen LogP contribution in [0.25, 0.3) is 0 Å². The standard InChI is InChI=1S/C15H12F3NO/c1-19(9-10-6-7-13(17)14(18)8-10)15(20)11-4-2-3-5-12(11)16/h2-8H,9H2,1H3. The van der Waals surface area contributed by atoms with E-state index >= 15 is 0 Å². The summed E-state index contributed by atoms with van der Waals surface area (Å²) in [5.41, 5.74) is 0.369. The first kappa shape index (κ1) is 14.1. The highest BCUT2D eigenvalue weighted by Gasteiger charge is 2.16. The van der Waals surface area contributed by atoms with E-state index in [-0.39, 0.29) is 12.1 Å². The minimum absolute atomic E-state index is 0.0578. The molecule has 0 N–H and O–H groups in total. The zero-order valence-electron chi connectivity index (χ0n) is 10.7. The first-order chi connectivity index (χ1) is 9.49. The molecule has 0 unspecified atom stereocenters. The van der Waals surface area contributed by atoms with Gasteiger partial charge in [-0.05, 0) is 29.8 Å². The molecule has 0 radical (unpaired) electrons. The maximum Gasteiger partial charge on any atom is 0.256 e. The quantitative estimate of drug-likeness (QED) is 0.843. The zero-order valence-corrected chi connectivity index (χ0v) is 10.7. The predicted molar refractivity (Wildman–Crippen MR) is 68.6 cm³/mol. The molecule has 0 fully saturated rings. The summed E-state index contributed by atoms with van der Waals surface area (Å²) in [7, 11) is 1.47. The van der Waals surface area contributed by atoms with Crippen molar-refractivity contribution in [3.63, 3.8) is 0 Å². The lowest BCUT2D eigenvalue weighted by Gasteiger charge is -2.17. The monoisotopic (exact) mass is 279 g/mol.